The van der Waals surface area contributed by atoms with Crippen molar-refractivity contribution in [3.63, 3.8) is 0 Å². The van der Waals surface area contributed by atoms with Gasteiger partial charge in [-0.15, -0.1) is 0 Å². The molecule has 6 N–H and O–H groups in total. The molecule has 0 aliphatic heterocycles. The van der Waals surface area contributed by atoms with Crippen LogP contribution in [0, 0.1) is 11.7 Å². The second kappa shape index (κ2) is 5.73. The third kappa shape index (κ3) is 2.86. The van der Waals surface area contributed by atoms with E-state index in [4.69, 9.17) is 17.2 Å². The lowest BCUT2D eigenvalue weighted by Gasteiger charge is -2.22. The standard InChI is InChI=1S/C14H19FN4/c15-13-11(4-5-12(17)14(13)18)10(6-16)8-19-7-9-2-1-3-9/h4-6,8-9H,1-3,7,16-18H2. The van der Waals surface area contributed by atoms with E-state index < -0.39 is 5.82 Å². The number of halogens is 1. The van der Waals surface area contributed by atoms with Gasteiger partial charge in [0, 0.05) is 30.1 Å². The van der Waals surface area contributed by atoms with Gasteiger partial charge in [0.1, 0.15) is 0 Å². The number of nitrogen functional groups attached to an aromatic ring is 2. The minimum Gasteiger partial charge on any atom is -0.404 e. The van der Waals surface area contributed by atoms with Crippen molar-refractivity contribution in [3.8, 4) is 0 Å². The van der Waals surface area contributed by atoms with Crippen LogP contribution in [-0.4, -0.2) is 12.8 Å². The maximum Gasteiger partial charge on any atom is 0.156 e. The lowest BCUT2D eigenvalue weighted by atomic mass is 9.86. The average Bonchev–Trinajstić information content (AvgIpc) is 2.35. The van der Waals surface area contributed by atoms with E-state index >= 15 is 0 Å². The molecule has 0 atom stereocenters. The molecule has 4 nitrogen and oxygen atoms in total. The summed E-state index contributed by atoms with van der Waals surface area (Å²) in [7, 11) is 0. The molecule has 1 aliphatic carbocycles. The third-order valence-electron chi connectivity index (χ3n) is 3.52. The van der Waals surface area contributed by atoms with Crippen LogP contribution in [-0.2, 0) is 0 Å². The molecule has 0 amide bonds. The molecule has 5 heteroatoms. The van der Waals surface area contributed by atoms with Gasteiger partial charge in [-0.1, -0.05) is 6.42 Å². The van der Waals surface area contributed by atoms with Gasteiger partial charge in [-0.05, 0) is 30.9 Å². The molecule has 1 aromatic rings. The quantitative estimate of drug-likeness (QED) is 0.573. The predicted molar refractivity (Wildman–Crippen MR) is 78.1 cm³/mol. The van der Waals surface area contributed by atoms with Crippen LogP contribution in [0.15, 0.2) is 23.3 Å². The van der Waals surface area contributed by atoms with E-state index in [-0.39, 0.29) is 11.4 Å². The molecule has 1 fully saturated rings. The summed E-state index contributed by atoms with van der Waals surface area (Å²) >= 11 is 0. The number of aliphatic imine (C=N–C) groups is 1. The molecule has 1 aromatic carbocycles. The van der Waals surface area contributed by atoms with Crippen molar-refractivity contribution in [1.29, 1.82) is 0 Å². The predicted octanol–water partition coefficient (Wildman–Crippen LogP) is 2.16. The number of nitrogens with two attached hydrogens (primary N) is 3. The van der Waals surface area contributed by atoms with E-state index in [2.05, 4.69) is 4.99 Å². The van der Waals surface area contributed by atoms with Gasteiger partial charge in [0.05, 0.1) is 11.4 Å². The van der Waals surface area contributed by atoms with Crippen LogP contribution in [0.25, 0.3) is 5.57 Å². The Kier molecular flexibility index (Phi) is 4.04. The fourth-order valence-corrected chi connectivity index (χ4v) is 2.01. The Labute approximate surface area is 112 Å². The maximum absolute atomic E-state index is 14.0. The monoisotopic (exact) mass is 262 g/mol. The molecule has 0 radical (unpaired) electrons. The molecule has 0 bridgehead atoms. The smallest absolute Gasteiger partial charge is 0.156 e. The van der Waals surface area contributed by atoms with Crippen molar-refractivity contribution < 1.29 is 4.39 Å². The number of rotatable bonds is 4. The number of hydrogen-bond donors (Lipinski definition) is 3. The topological polar surface area (TPSA) is 90.4 Å². The molecular formula is C14H19FN4. The van der Waals surface area contributed by atoms with E-state index in [1.54, 1.807) is 18.3 Å². The van der Waals surface area contributed by atoms with Crippen LogP contribution in [0.4, 0.5) is 15.8 Å². The molecule has 0 spiro atoms. The van der Waals surface area contributed by atoms with Crippen LogP contribution < -0.4 is 17.2 Å². The van der Waals surface area contributed by atoms with Gasteiger partial charge in [0.25, 0.3) is 0 Å². The second-order valence-corrected chi connectivity index (χ2v) is 4.84. The summed E-state index contributed by atoms with van der Waals surface area (Å²) in [5.74, 6) is 0.114. The number of benzene rings is 1. The van der Waals surface area contributed by atoms with Crippen molar-refractivity contribution >= 4 is 23.2 Å². The molecule has 1 aliphatic rings. The molecule has 1 saturated carbocycles. The molecule has 0 aromatic heterocycles. The van der Waals surface area contributed by atoms with Crippen molar-refractivity contribution in [2.75, 3.05) is 18.0 Å². The Balaban J connectivity index is 2.15. The SMILES string of the molecule is NC=C(C=NCC1CCC1)c1ccc(N)c(N)c1F. The van der Waals surface area contributed by atoms with Crippen molar-refractivity contribution in [2.45, 2.75) is 19.3 Å². The first kappa shape index (κ1) is 13.4. The van der Waals surface area contributed by atoms with Crippen LogP contribution in [0.5, 0.6) is 0 Å². The van der Waals surface area contributed by atoms with Gasteiger partial charge in [-0.3, -0.25) is 4.99 Å². The Hall–Kier alpha value is -2.04. The maximum atomic E-state index is 14.0. The van der Waals surface area contributed by atoms with E-state index in [0.717, 1.165) is 6.54 Å². The Morgan fingerprint density at radius 3 is 2.68 bits per heavy atom. The lowest BCUT2D eigenvalue weighted by Crippen LogP contribution is -2.14. The highest BCUT2D eigenvalue weighted by molar-refractivity contribution is 6.10. The van der Waals surface area contributed by atoms with Crippen molar-refractivity contribution in [2.24, 2.45) is 16.6 Å². The number of allylic oxidation sites excluding steroid dienone is 1. The summed E-state index contributed by atoms with van der Waals surface area (Å²) in [6.45, 7) is 0.767. The van der Waals surface area contributed by atoms with Crippen molar-refractivity contribution in [1.82, 2.24) is 0 Å². The summed E-state index contributed by atoms with van der Waals surface area (Å²) in [4.78, 5) is 4.32. The van der Waals surface area contributed by atoms with E-state index in [1.165, 1.54) is 25.5 Å². The number of hydrogen-bond acceptors (Lipinski definition) is 4. The zero-order valence-corrected chi connectivity index (χ0v) is 10.8. The molecule has 102 valence electrons. The molecule has 0 unspecified atom stereocenters. The third-order valence-corrected chi connectivity index (χ3v) is 3.52. The summed E-state index contributed by atoms with van der Waals surface area (Å²) in [6.07, 6.45) is 6.66. The average molecular weight is 262 g/mol. The first-order valence-electron chi connectivity index (χ1n) is 6.39. The Bertz CT molecular complexity index is 518. The first-order chi connectivity index (χ1) is 9.13. The van der Waals surface area contributed by atoms with Crippen molar-refractivity contribution in [3.05, 3.63) is 29.7 Å². The largest absolute Gasteiger partial charge is 0.404 e. The summed E-state index contributed by atoms with van der Waals surface area (Å²) in [6, 6.07) is 3.13. The summed E-state index contributed by atoms with van der Waals surface area (Å²) in [5.41, 5.74) is 17.7. The highest BCUT2D eigenvalue weighted by Gasteiger charge is 2.16. The lowest BCUT2D eigenvalue weighted by molar-refractivity contribution is 0.326. The van der Waals surface area contributed by atoms with Crippen LogP contribution in [0.2, 0.25) is 0 Å². The fraction of sp³-hybridized carbons (Fsp3) is 0.357. The molecule has 2 rings (SSSR count). The van der Waals surface area contributed by atoms with Gasteiger partial charge >= 0.3 is 0 Å². The summed E-state index contributed by atoms with van der Waals surface area (Å²) < 4.78 is 14.0. The van der Waals surface area contributed by atoms with Crippen LogP contribution in [0.1, 0.15) is 24.8 Å². The number of nitrogens with zero attached hydrogens (tertiary/aromatic N) is 1. The highest BCUT2D eigenvalue weighted by atomic mass is 19.1. The highest BCUT2D eigenvalue weighted by Crippen LogP contribution is 2.27. The normalized spacial score (nSPS) is 16.8. The van der Waals surface area contributed by atoms with Gasteiger partial charge in [-0.2, -0.15) is 0 Å². The van der Waals surface area contributed by atoms with E-state index in [1.807, 2.05) is 0 Å². The van der Waals surface area contributed by atoms with Gasteiger partial charge in [0.2, 0.25) is 0 Å². The number of anilines is 2. The van der Waals surface area contributed by atoms with Crippen LogP contribution in [0.3, 0.4) is 0 Å². The Morgan fingerprint density at radius 1 is 1.37 bits per heavy atom. The zero-order chi connectivity index (χ0) is 13.8. The second-order valence-electron chi connectivity index (χ2n) is 4.84. The molecular weight excluding hydrogens is 243 g/mol. The molecule has 0 heterocycles. The summed E-state index contributed by atoms with van der Waals surface area (Å²) in [5, 5.41) is 0. The van der Waals surface area contributed by atoms with E-state index in [9.17, 15) is 4.39 Å². The molecule has 19 heavy (non-hydrogen) atoms. The van der Waals surface area contributed by atoms with Gasteiger partial charge < -0.3 is 17.2 Å². The van der Waals surface area contributed by atoms with Gasteiger partial charge in [0.15, 0.2) is 5.82 Å². The van der Waals surface area contributed by atoms with Gasteiger partial charge in [-0.25, -0.2) is 4.39 Å². The zero-order valence-electron chi connectivity index (χ0n) is 10.8. The Morgan fingerprint density at radius 2 is 2.11 bits per heavy atom. The minimum absolute atomic E-state index is 0.0516. The fourth-order valence-electron chi connectivity index (χ4n) is 2.01. The minimum atomic E-state index is -0.549. The van der Waals surface area contributed by atoms with Crippen LogP contribution >= 0.6 is 0 Å². The molecule has 0 saturated heterocycles. The first-order valence-corrected chi connectivity index (χ1v) is 6.39. The van der Waals surface area contributed by atoms with E-state index in [0.29, 0.717) is 17.1 Å².